The highest BCUT2D eigenvalue weighted by molar-refractivity contribution is 5.91. The first-order valence-corrected chi connectivity index (χ1v) is 6.93. The molecular formula is C13H22N2O3. The average Bonchev–Trinajstić information content (AvgIpc) is 2.83. The molecule has 2 aliphatic rings. The Balaban J connectivity index is 1.99. The monoisotopic (exact) mass is 254 g/mol. The lowest BCUT2D eigenvalue weighted by Crippen LogP contribution is -2.50. The molecule has 2 amide bonds. The summed E-state index contributed by atoms with van der Waals surface area (Å²) >= 11 is 0. The highest BCUT2D eigenvalue weighted by atomic mass is 16.3. The predicted molar refractivity (Wildman–Crippen MR) is 66.8 cm³/mol. The molecule has 0 unspecified atom stereocenters. The van der Waals surface area contributed by atoms with Gasteiger partial charge in [0.1, 0.15) is 6.04 Å². The average molecular weight is 254 g/mol. The van der Waals surface area contributed by atoms with Crippen molar-refractivity contribution < 1.29 is 14.7 Å². The van der Waals surface area contributed by atoms with E-state index in [-0.39, 0.29) is 30.5 Å². The molecule has 0 spiro atoms. The number of rotatable bonds is 4. The van der Waals surface area contributed by atoms with Crippen LogP contribution in [0.25, 0.3) is 0 Å². The van der Waals surface area contributed by atoms with E-state index in [1.54, 1.807) is 4.90 Å². The quantitative estimate of drug-likeness (QED) is 0.764. The molecular weight excluding hydrogens is 232 g/mol. The first-order valence-electron chi connectivity index (χ1n) is 6.93. The fourth-order valence-corrected chi connectivity index (χ4v) is 2.97. The van der Waals surface area contributed by atoms with Crippen molar-refractivity contribution in [3.63, 3.8) is 0 Å². The minimum absolute atomic E-state index is 0.0110. The third-order valence-corrected chi connectivity index (χ3v) is 3.93. The molecule has 18 heavy (non-hydrogen) atoms. The summed E-state index contributed by atoms with van der Waals surface area (Å²) in [5, 5.41) is 11.8. The molecule has 1 saturated carbocycles. The van der Waals surface area contributed by atoms with Crippen molar-refractivity contribution in [1.29, 1.82) is 0 Å². The van der Waals surface area contributed by atoms with E-state index >= 15 is 0 Å². The maximum Gasteiger partial charge on any atom is 0.245 e. The van der Waals surface area contributed by atoms with Crippen LogP contribution in [0.2, 0.25) is 0 Å². The van der Waals surface area contributed by atoms with Crippen molar-refractivity contribution in [2.45, 2.75) is 57.0 Å². The number of nitrogens with one attached hydrogen (secondary N) is 1. The molecule has 102 valence electrons. The Morgan fingerprint density at radius 1 is 1.28 bits per heavy atom. The van der Waals surface area contributed by atoms with E-state index in [1.165, 1.54) is 6.42 Å². The predicted octanol–water partition coefficient (Wildman–Crippen LogP) is 0.419. The lowest BCUT2D eigenvalue weighted by Gasteiger charge is -2.35. The van der Waals surface area contributed by atoms with Crippen molar-refractivity contribution in [3.05, 3.63) is 0 Å². The van der Waals surface area contributed by atoms with E-state index in [0.717, 1.165) is 25.7 Å². The molecule has 1 aliphatic carbocycles. The molecule has 0 aromatic carbocycles. The third kappa shape index (κ3) is 3.02. The summed E-state index contributed by atoms with van der Waals surface area (Å²) in [4.78, 5) is 25.4. The van der Waals surface area contributed by atoms with Gasteiger partial charge in [-0.05, 0) is 19.3 Å². The van der Waals surface area contributed by atoms with Crippen LogP contribution in [0.4, 0.5) is 0 Å². The van der Waals surface area contributed by atoms with Crippen molar-refractivity contribution in [3.8, 4) is 0 Å². The van der Waals surface area contributed by atoms with Gasteiger partial charge in [0.05, 0.1) is 6.61 Å². The summed E-state index contributed by atoms with van der Waals surface area (Å²) in [5.74, 6) is -0.0530. The maximum atomic E-state index is 12.4. The number of hydrogen-bond acceptors (Lipinski definition) is 3. The number of carbonyl (C=O) groups excluding carboxylic acids is 2. The van der Waals surface area contributed by atoms with E-state index in [1.807, 2.05) is 0 Å². The van der Waals surface area contributed by atoms with Gasteiger partial charge in [-0.3, -0.25) is 9.59 Å². The highest BCUT2D eigenvalue weighted by Gasteiger charge is 2.33. The minimum Gasteiger partial charge on any atom is -0.395 e. The highest BCUT2D eigenvalue weighted by Crippen LogP contribution is 2.24. The van der Waals surface area contributed by atoms with Gasteiger partial charge in [0, 0.05) is 19.0 Å². The zero-order chi connectivity index (χ0) is 13.0. The molecule has 1 atom stereocenters. The van der Waals surface area contributed by atoms with E-state index in [2.05, 4.69) is 5.32 Å². The summed E-state index contributed by atoms with van der Waals surface area (Å²) in [6.07, 6.45) is 6.60. The second-order valence-electron chi connectivity index (χ2n) is 5.21. The van der Waals surface area contributed by atoms with Crippen molar-refractivity contribution >= 4 is 11.8 Å². The van der Waals surface area contributed by atoms with Gasteiger partial charge in [-0.25, -0.2) is 0 Å². The van der Waals surface area contributed by atoms with Crippen molar-refractivity contribution in [2.24, 2.45) is 0 Å². The summed E-state index contributed by atoms with van der Waals surface area (Å²) < 4.78 is 0. The van der Waals surface area contributed by atoms with E-state index in [4.69, 9.17) is 5.11 Å². The lowest BCUT2D eigenvalue weighted by molar-refractivity contribution is -0.137. The zero-order valence-corrected chi connectivity index (χ0v) is 10.7. The first kappa shape index (κ1) is 13.3. The normalized spacial score (nSPS) is 24.9. The number of carbonyl (C=O) groups is 2. The molecule has 2 fully saturated rings. The molecule has 1 heterocycles. The smallest absolute Gasteiger partial charge is 0.245 e. The number of aliphatic hydroxyl groups is 1. The van der Waals surface area contributed by atoms with Crippen LogP contribution < -0.4 is 5.32 Å². The third-order valence-electron chi connectivity index (χ3n) is 3.93. The van der Waals surface area contributed by atoms with E-state index < -0.39 is 0 Å². The summed E-state index contributed by atoms with van der Waals surface area (Å²) in [5.41, 5.74) is 0. The standard InChI is InChI=1S/C13H22N2O3/c16-9-8-15(10-4-2-1-3-5-10)13(18)11-6-7-12(17)14-11/h10-11,16H,1-9H2,(H,14,17)/t11-/m1/s1. The minimum atomic E-state index is -0.369. The Kier molecular flexibility index (Phi) is 4.58. The summed E-state index contributed by atoms with van der Waals surface area (Å²) in [7, 11) is 0. The summed E-state index contributed by atoms with van der Waals surface area (Å²) in [6.45, 7) is 0.374. The van der Waals surface area contributed by atoms with Crippen LogP contribution >= 0.6 is 0 Å². The Morgan fingerprint density at radius 3 is 2.56 bits per heavy atom. The van der Waals surface area contributed by atoms with Crippen LogP contribution in [-0.4, -0.2) is 47.1 Å². The molecule has 0 bridgehead atoms. The fourth-order valence-electron chi connectivity index (χ4n) is 2.97. The van der Waals surface area contributed by atoms with Crippen LogP contribution in [0.1, 0.15) is 44.9 Å². The molecule has 0 radical (unpaired) electrons. The molecule has 1 saturated heterocycles. The van der Waals surface area contributed by atoms with E-state index in [9.17, 15) is 9.59 Å². The maximum absolute atomic E-state index is 12.4. The van der Waals surface area contributed by atoms with Crippen molar-refractivity contribution in [2.75, 3.05) is 13.2 Å². The van der Waals surface area contributed by atoms with Crippen molar-refractivity contribution in [1.82, 2.24) is 10.2 Å². The van der Waals surface area contributed by atoms with Gasteiger partial charge in [-0.2, -0.15) is 0 Å². The summed E-state index contributed by atoms with van der Waals surface area (Å²) in [6, 6.07) is -0.123. The topological polar surface area (TPSA) is 69.6 Å². The Hall–Kier alpha value is -1.10. The van der Waals surface area contributed by atoms with Gasteiger partial charge in [0.2, 0.25) is 11.8 Å². The van der Waals surface area contributed by atoms with Gasteiger partial charge in [0.25, 0.3) is 0 Å². The Morgan fingerprint density at radius 2 is 2.00 bits per heavy atom. The number of amides is 2. The Labute approximate surface area is 108 Å². The van der Waals surface area contributed by atoms with Gasteiger partial charge in [-0.15, -0.1) is 0 Å². The fraction of sp³-hybridized carbons (Fsp3) is 0.846. The molecule has 5 heteroatoms. The van der Waals surface area contributed by atoms with Gasteiger partial charge in [0.15, 0.2) is 0 Å². The largest absolute Gasteiger partial charge is 0.395 e. The number of hydrogen-bond donors (Lipinski definition) is 2. The van der Waals surface area contributed by atoms with E-state index in [0.29, 0.717) is 19.4 Å². The van der Waals surface area contributed by atoms with Gasteiger partial charge >= 0.3 is 0 Å². The molecule has 2 rings (SSSR count). The molecule has 0 aromatic heterocycles. The SMILES string of the molecule is O=C1CC[C@H](C(=O)N(CCO)C2CCCCC2)N1. The molecule has 0 aromatic rings. The Bertz CT molecular complexity index is 313. The second kappa shape index (κ2) is 6.18. The molecule has 1 aliphatic heterocycles. The second-order valence-corrected chi connectivity index (χ2v) is 5.21. The number of aliphatic hydroxyl groups excluding tert-OH is 1. The van der Waals surface area contributed by atoms with Gasteiger partial charge in [-0.1, -0.05) is 19.3 Å². The first-order chi connectivity index (χ1) is 8.72. The van der Waals surface area contributed by atoms with Crippen LogP contribution in [0.15, 0.2) is 0 Å². The van der Waals surface area contributed by atoms with Crippen LogP contribution in [0.5, 0.6) is 0 Å². The van der Waals surface area contributed by atoms with Gasteiger partial charge < -0.3 is 15.3 Å². The lowest BCUT2D eigenvalue weighted by atomic mass is 9.93. The number of nitrogens with zero attached hydrogens (tertiary/aromatic N) is 1. The van der Waals surface area contributed by atoms with Crippen LogP contribution in [-0.2, 0) is 9.59 Å². The van der Waals surface area contributed by atoms with Crippen LogP contribution in [0.3, 0.4) is 0 Å². The van der Waals surface area contributed by atoms with Crippen LogP contribution in [0, 0.1) is 0 Å². The molecule has 2 N–H and O–H groups in total. The molecule has 5 nitrogen and oxygen atoms in total. The zero-order valence-electron chi connectivity index (χ0n) is 10.7.